The number of benzene rings is 3. The molecule has 3 aromatic carbocycles. The van der Waals surface area contributed by atoms with E-state index in [-0.39, 0.29) is 41.7 Å². The van der Waals surface area contributed by atoms with Crippen LogP contribution < -0.4 is 10.1 Å². The summed E-state index contributed by atoms with van der Waals surface area (Å²) < 4.78 is 11.4. The molecule has 0 aromatic heterocycles. The molecule has 3 aliphatic rings. The molecule has 0 spiro atoms. The molecule has 1 heterocycles. The minimum atomic E-state index is -0.269. The SMILES string of the molecule is O=C(Nc1ccc(Oc2ccc3ccccc3c2)cc1)[C@H]1[C@H]2C[C@@H]3[C@@H]1C(=O)O[C@@H]3C2. The molecule has 0 radical (unpaired) electrons. The van der Waals surface area contributed by atoms with E-state index in [1.54, 1.807) is 0 Å². The standard InChI is InChI=1S/C25H21NO4/c27-24(22-16-12-20-21(13-16)30-25(28)23(20)22)26-17-6-9-18(10-7-17)29-19-8-5-14-3-1-2-4-15(14)11-19/h1-11,16,20-23H,12-13H2,(H,26,27)/t16-,20-,21+,22-,23-/m0/s1. The van der Waals surface area contributed by atoms with Gasteiger partial charge in [-0.2, -0.15) is 0 Å². The van der Waals surface area contributed by atoms with Crippen LogP contribution in [0.1, 0.15) is 12.8 Å². The van der Waals surface area contributed by atoms with Gasteiger partial charge in [0.05, 0.1) is 11.8 Å². The molecule has 30 heavy (non-hydrogen) atoms. The zero-order valence-electron chi connectivity index (χ0n) is 16.3. The number of hydrogen-bond donors (Lipinski definition) is 1. The van der Waals surface area contributed by atoms with Gasteiger partial charge in [0, 0.05) is 11.6 Å². The lowest BCUT2D eigenvalue weighted by molar-refractivity contribution is -0.145. The second kappa shape index (κ2) is 6.59. The molecule has 1 amide bonds. The van der Waals surface area contributed by atoms with Crippen LogP contribution in [0.2, 0.25) is 0 Å². The first kappa shape index (κ1) is 17.5. The molecular weight excluding hydrogens is 378 g/mol. The fourth-order valence-electron chi connectivity index (χ4n) is 5.56. The molecule has 2 saturated carbocycles. The number of esters is 1. The Bertz CT molecular complexity index is 1150. The summed E-state index contributed by atoms with van der Waals surface area (Å²) >= 11 is 0. The number of carbonyl (C=O) groups excluding carboxylic acids is 2. The van der Waals surface area contributed by atoms with Crippen LogP contribution in [0.5, 0.6) is 11.5 Å². The maximum atomic E-state index is 12.9. The van der Waals surface area contributed by atoms with Gasteiger partial charge in [0.25, 0.3) is 0 Å². The smallest absolute Gasteiger partial charge is 0.310 e. The van der Waals surface area contributed by atoms with Crippen LogP contribution in [0.3, 0.4) is 0 Å². The summed E-state index contributed by atoms with van der Waals surface area (Å²) in [6.45, 7) is 0. The van der Waals surface area contributed by atoms with Crippen molar-refractivity contribution in [3.8, 4) is 11.5 Å². The lowest BCUT2D eigenvalue weighted by Crippen LogP contribution is -2.35. The highest BCUT2D eigenvalue weighted by molar-refractivity contribution is 5.97. The number of hydrogen-bond acceptors (Lipinski definition) is 4. The van der Waals surface area contributed by atoms with E-state index in [0.717, 1.165) is 24.0 Å². The summed E-state index contributed by atoms with van der Waals surface area (Å²) in [4.78, 5) is 25.0. The Morgan fingerprint density at radius 2 is 1.70 bits per heavy atom. The minimum absolute atomic E-state index is 0.0445. The van der Waals surface area contributed by atoms with Crippen LogP contribution in [-0.4, -0.2) is 18.0 Å². The van der Waals surface area contributed by atoms with Crippen molar-refractivity contribution in [2.24, 2.45) is 23.7 Å². The molecule has 1 saturated heterocycles. The molecule has 3 fully saturated rings. The van der Waals surface area contributed by atoms with E-state index in [9.17, 15) is 9.59 Å². The number of amides is 1. The molecule has 1 N–H and O–H groups in total. The lowest BCUT2D eigenvalue weighted by atomic mass is 9.79. The van der Waals surface area contributed by atoms with Gasteiger partial charge < -0.3 is 14.8 Å². The first-order valence-corrected chi connectivity index (χ1v) is 10.4. The summed E-state index contributed by atoms with van der Waals surface area (Å²) in [6, 6.07) is 21.5. The molecule has 3 aromatic rings. The fraction of sp³-hybridized carbons (Fsp3) is 0.280. The van der Waals surface area contributed by atoms with Crippen molar-refractivity contribution in [1.29, 1.82) is 0 Å². The summed E-state index contributed by atoms with van der Waals surface area (Å²) in [6.07, 6.45) is 1.80. The third-order valence-electron chi connectivity index (χ3n) is 6.86. The van der Waals surface area contributed by atoms with Gasteiger partial charge in [-0.1, -0.05) is 30.3 Å². The van der Waals surface area contributed by atoms with E-state index in [1.165, 1.54) is 5.39 Å². The highest BCUT2D eigenvalue weighted by Gasteiger charge is 2.63. The second-order valence-corrected chi connectivity index (χ2v) is 8.55. The molecule has 1 aliphatic heterocycles. The van der Waals surface area contributed by atoms with Crippen LogP contribution in [0.15, 0.2) is 66.7 Å². The van der Waals surface area contributed by atoms with E-state index in [4.69, 9.17) is 9.47 Å². The molecule has 2 bridgehead atoms. The van der Waals surface area contributed by atoms with E-state index >= 15 is 0 Å². The normalized spacial score (nSPS) is 28.5. The third-order valence-corrected chi connectivity index (χ3v) is 6.86. The van der Waals surface area contributed by atoms with Crippen molar-refractivity contribution >= 4 is 28.3 Å². The predicted octanol–water partition coefficient (Wildman–Crippen LogP) is 4.77. The quantitative estimate of drug-likeness (QED) is 0.642. The van der Waals surface area contributed by atoms with Gasteiger partial charge in [0.2, 0.25) is 5.91 Å². The maximum Gasteiger partial charge on any atom is 0.310 e. The lowest BCUT2D eigenvalue weighted by Gasteiger charge is -2.23. The van der Waals surface area contributed by atoms with Crippen molar-refractivity contribution in [3.05, 3.63) is 66.7 Å². The van der Waals surface area contributed by atoms with E-state index < -0.39 is 0 Å². The largest absolute Gasteiger partial charge is 0.462 e. The monoisotopic (exact) mass is 399 g/mol. The summed E-state index contributed by atoms with van der Waals surface area (Å²) in [5, 5.41) is 5.28. The number of fused-ring (bicyclic) bond motifs is 2. The Kier molecular flexibility index (Phi) is 3.85. The Balaban J connectivity index is 1.15. The molecule has 5 nitrogen and oxygen atoms in total. The minimum Gasteiger partial charge on any atom is -0.462 e. The Morgan fingerprint density at radius 3 is 2.53 bits per heavy atom. The van der Waals surface area contributed by atoms with Gasteiger partial charge in [-0.05, 0) is 65.9 Å². The molecule has 6 rings (SSSR count). The number of ether oxygens (including phenoxy) is 2. The Morgan fingerprint density at radius 1 is 0.933 bits per heavy atom. The Hall–Kier alpha value is -3.34. The average Bonchev–Trinajstić information content (AvgIpc) is 3.38. The summed E-state index contributed by atoms with van der Waals surface area (Å²) in [7, 11) is 0. The van der Waals surface area contributed by atoms with Gasteiger partial charge in [-0.25, -0.2) is 0 Å². The topological polar surface area (TPSA) is 64.6 Å². The highest BCUT2D eigenvalue weighted by Crippen LogP contribution is 2.57. The van der Waals surface area contributed by atoms with E-state index in [0.29, 0.717) is 11.4 Å². The van der Waals surface area contributed by atoms with Gasteiger partial charge in [0.15, 0.2) is 0 Å². The first-order valence-electron chi connectivity index (χ1n) is 10.4. The second-order valence-electron chi connectivity index (χ2n) is 8.55. The van der Waals surface area contributed by atoms with Gasteiger partial charge in [0.1, 0.15) is 17.6 Å². The molecule has 0 unspecified atom stereocenters. The van der Waals surface area contributed by atoms with Gasteiger partial charge in [-0.3, -0.25) is 9.59 Å². The molecule has 5 atom stereocenters. The predicted molar refractivity (Wildman–Crippen MR) is 112 cm³/mol. The zero-order valence-corrected chi connectivity index (χ0v) is 16.3. The Labute approximate surface area is 174 Å². The average molecular weight is 399 g/mol. The highest BCUT2D eigenvalue weighted by atomic mass is 16.6. The van der Waals surface area contributed by atoms with Crippen molar-refractivity contribution in [3.63, 3.8) is 0 Å². The van der Waals surface area contributed by atoms with E-state index in [1.807, 2.05) is 54.6 Å². The molecule has 150 valence electrons. The zero-order chi connectivity index (χ0) is 20.2. The fourth-order valence-corrected chi connectivity index (χ4v) is 5.56. The van der Waals surface area contributed by atoms with Crippen molar-refractivity contribution < 1.29 is 19.1 Å². The number of carbonyl (C=O) groups is 2. The van der Waals surface area contributed by atoms with Crippen molar-refractivity contribution in [2.75, 3.05) is 5.32 Å². The van der Waals surface area contributed by atoms with Crippen molar-refractivity contribution in [2.45, 2.75) is 18.9 Å². The van der Waals surface area contributed by atoms with Crippen LogP contribution in [0.4, 0.5) is 5.69 Å². The van der Waals surface area contributed by atoms with Crippen LogP contribution >= 0.6 is 0 Å². The first-order chi connectivity index (χ1) is 14.7. The van der Waals surface area contributed by atoms with Gasteiger partial charge >= 0.3 is 5.97 Å². The summed E-state index contributed by atoms with van der Waals surface area (Å²) in [5.74, 6) is 1.16. The number of rotatable bonds is 4. The van der Waals surface area contributed by atoms with Crippen molar-refractivity contribution in [1.82, 2.24) is 0 Å². The van der Waals surface area contributed by atoms with Crippen LogP contribution in [0.25, 0.3) is 10.8 Å². The van der Waals surface area contributed by atoms with Gasteiger partial charge in [-0.15, -0.1) is 0 Å². The van der Waals surface area contributed by atoms with E-state index in [2.05, 4.69) is 17.4 Å². The number of anilines is 1. The van der Waals surface area contributed by atoms with Crippen LogP contribution in [0, 0.1) is 23.7 Å². The summed E-state index contributed by atoms with van der Waals surface area (Å²) in [5.41, 5.74) is 0.705. The molecular formula is C25H21NO4. The van der Waals surface area contributed by atoms with Crippen LogP contribution in [-0.2, 0) is 14.3 Å². The third kappa shape index (κ3) is 2.76. The number of nitrogens with one attached hydrogen (secondary N) is 1. The molecule has 2 aliphatic carbocycles. The maximum absolute atomic E-state index is 12.9. The molecule has 5 heteroatoms.